The fourth-order valence-electron chi connectivity index (χ4n) is 2.15. The maximum Gasteiger partial charge on any atom is 0.106 e. The van der Waals surface area contributed by atoms with Crippen LogP contribution in [0, 0.1) is 17.8 Å². The van der Waals surface area contributed by atoms with Crippen molar-refractivity contribution in [3.05, 3.63) is 65.5 Å². The molecule has 0 bridgehead atoms. The molecular weight excluding hydrogens is 272 g/mol. The molecule has 22 heavy (non-hydrogen) atoms. The Kier molecular flexibility index (Phi) is 4.50. The van der Waals surface area contributed by atoms with E-state index in [1.54, 1.807) is 13.3 Å². The van der Waals surface area contributed by atoms with Gasteiger partial charge in [-0.1, -0.05) is 35.2 Å². The molecule has 1 fully saturated rings. The Morgan fingerprint density at radius 1 is 1.27 bits per heavy atom. The van der Waals surface area contributed by atoms with Crippen molar-refractivity contribution in [2.45, 2.75) is 19.3 Å². The summed E-state index contributed by atoms with van der Waals surface area (Å²) in [5.74, 6) is 7.12. The number of hydrogen-bond acceptors (Lipinski definition) is 3. The van der Waals surface area contributed by atoms with Gasteiger partial charge in [-0.15, -0.1) is 0 Å². The van der Waals surface area contributed by atoms with Gasteiger partial charge in [0.2, 0.25) is 0 Å². The van der Waals surface area contributed by atoms with E-state index in [4.69, 9.17) is 4.84 Å². The molecule has 0 spiro atoms. The van der Waals surface area contributed by atoms with Gasteiger partial charge in [0, 0.05) is 30.3 Å². The molecule has 0 aliphatic heterocycles. The van der Waals surface area contributed by atoms with Crippen LogP contribution in [0.15, 0.2) is 53.9 Å². The van der Waals surface area contributed by atoms with E-state index in [0.29, 0.717) is 12.3 Å². The van der Waals surface area contributed by atoms with E-state index in [9.17, 15) is 0 Å². The smallest absolute Gasteiger partial charge is 0.106 e. The van der Waals surface area contributed by atoms with E-state index < -0.39 is 0 Å². The SMILES string of the molecule is CO/N=C(\Cc1cccnc1)c1ccc(C#CC2CC2)cc1. The molecule has 1 aromatic heterocycles. The van der Waals surface area contributed by atoms with Crippen molar-refractivity contribution in [2.75, 3.05) is 7.11 Å². The van der Waals surface area contributed by atoms with E-state index in [-0.39, 0.29) is 0 Å². The fraction of sp³-hybridized carbons (Fsp3) is 0.263. The van der Waals surface area contributed by atoms with Crippen LogP contribution in [0.5, 0.6) is 0 Å². The van der Waals surface area contributed by atoms with E-state index >= 15 is 0 Å². The summed E-state index contributed by atoms with van der Waals surface area (Å²) in [6, 6.07) is 12.1. The minimum absolute atomic E-state index is 0.621. The van der Waals surface area contributed by atoms with E-state index in [2.05, 4.69) is 22.0 Å². The van der Waals surface area contributed by atoms with Crippen LogP contribution in [0.1, 0.15) is 29.5 Å². The zero-order valence-corrected chi connectivity index (χ0v) is 12.6. The molecule has 3 heteroatoms. The van der Waals surface area contributed by atoms with Gasteiger partial charge in [-0.3, -0.25) is 4.98 Å². The molecule has 3 nitrogen and oxygen atoms in total. The Hall–Kier alpha value is -2.60. The van der Waals surface area contributed by atoms with E-state index in [1.165, 1.54) is 12.8 Å². The summed E-state index contributed by atoms with van der Waals surface area (Å²) in [7, 11) is 1.57. The first-order valence-electron chi connectivity index (χ1n) is 7.46. The third-order valence-electron chi connectivity index (χ3n) is 3.51. The van der Waals surface area contributed by atoms with Crippen molar-refractivity contribution in [1.82, 2.24) is 4.98 Å². The first-order valence-corrected chi connectivity index (χ1v) is 7.46. The van der Waals surface area contributed by atoms with Crippen molar-refractivity contribution in [3.8, 4) is 11.8 Å². The average molecular weight is 290 g/mol. The highest BCUT2D eigenvalue weighted by Gasteiger charge is 2.17. The van der Waals surface area contributed by atoms with Crippen molar-refractivity contribution >= 4 is 5.71 Å². The molecule has 0 unspecified atom stereocenters. The largest absolute Gasteiger partial charge is 0.399 e. The minimum Gasteiger partial charge on any atom is -0.399 e. The van der Waals surface area contributed by atoms with Gasteiger partial charge in [0.05, 0.1) is 5.71 Å². The molecule has 2 aromatic rings. The van der Waals surface area contributed by atoms with Gasteiger partial charge in [0.25, 0.3) is 0 Å². The highest BCUT2D eigenvalue weighted by molar-refractivity contribution is 6.01. The lowest BCUT2D eigenvalue weighted by Crippen LogP contribution is -2.06. The second-order valence-corrected chi connectivity index (χ2v) is 5.38. The summed E-state index contributed by atoms with van der Waals surface area (Å²) >= 11 is 0. The van der Waals surface area contributed by atoms with Crippen LogP contribution in [-0.2, 0) is 11.3 Å². The van der Waals surface area contributed by atoms with Crippen molar-refractivity contribution in [2.24, 2.45) is 11.1 Å². The Bertz CT molecular complexity index is 705. The number of aromatic nitrogens is 1. The van der Waals surface area contributed by atoms with Crippen LogP contribution in [0.25, 0.3) is 0 Å². The number of benzene rings is 1. The van der Waals surface area contributed by atoms with Crippen molar-refractivity contribution in [3.63, 3.8) is 0 Å². The summed E-state index contributed by atoms with van der Waals surface area (Å²) in [5.41, 5.74) is 4.09. The topological polar surface area (TPSA) is 34.5 Å². The number of nitrogens with zero attached hydrogens (tertiary/aromatic N) is 2. The number of pyridine rings is 1. The highest BCUT2D eigenvalue weighted by atomic mass is 16.6. The lowest BCUT2D eigenvalue weighted by molar-refractivity contribution is 0.213. The van der Waals surface area contributed by atoms with Crippen LogP contribution in [0.3, 0.4) is 0 Å². The molecule has 1 aliphatic carbocycles. The predicted octanol–water partition coefficient (Wildman–Crippen LogP) is 3.44. The quantitative estimate of drug-likeness (QED) is 0.491. The number of hydrogen-bond donors (Lipinski definition) is 0. The van der Waals surface area contributed by atoms with E-state index in [1.807, 2.05) is 42.6 Å². The Morgan fingerprint density at radius 3 is 2.73 bits per heavy atom. The van der Waals surface area contributed by atoms with Crippen LogP contribution in [-0.4, -0.2) is 17.8 Å². The molecule has 0 saturated heterocycles. The van der Waals surface area contributed by atoms with Crippen LogP contribution in [0.4, 0.5) is 0 Å². The standard InChI is InChI=1S/C19H18N2O/c1-22-21-19(13-17-3-2-12-20-14-17)18-10-8-16(9-11-18)7-6-15-4-5-15/h2-3,8-12,14-15H,4-5,13H2,1H3/b21-19+. The predicted molar refractivity (Wildman–Crippen MR) is 87.5 cm³/mol. The van der Waals surface area contributed by atoms with Gasteiger partial charge in [0.1, 0.15) is 7.11 Å². The molecule has 110 valence electrons. The van der Waals surface area contributed by atoms with Crippen molar-refractivity contribution < 1.29 is 4.84 Å². The molecule has 1 saturated carbocycles. The fourth-order valence-corrected chi connectivity index (χ4v) is 2.15. The summed E-state index contributed by atoms with van der Waals surface area (Å²) < 4.78 is 0. The summed E-state index contributed by atoms with van der Waals surface area (Å²) in [6.07, 6.45) is 6.81. The molecule has 0 N–H and O–H groups in total. The van der Waals surface area contributed by atoms with Gasteiger partial charge in [-0.2, -0.15) is 0 Å². The minimum atomic E-state index is 0.621. The molecule has 1 heterocycles. The molecule has 0 atom stereocenters. The first-order chi connectivity index (χ1) is 10.8. The molecule has 1 aromatic carbocycles. The second-order valence-electron chi connectivity index (χ2n) is 5.38. The normalized spacial score (nSPS) is 14.1. The van der Waals surface area contributed by atoms with Gasteiger partial charge in [-0.05, 0) is 42.2 Å². The third kappa shape index (κ3) is 3.95. The summed E-state index contributed by atoms with van der Waals surface area (Å²) in [4.78, 5) is 9.13. The molecular formula is C19H18N2O. The van der Waals surface area contributed by atoms with Gasteiger partial charge >= 0.3 is 0 Å². The monoisotopic (exact) mass is 290 g/mol. The highest BCUT2D eigenvalue weighted by Crippen LogP contribution is 2.27. The molecule has 0 radical (unpaired) electrons. The molecule has 3 rings (SSSR count). The Labute approximate surface area is 131 Å². The summed E-state index contributed by atoms with van der Waals surface area (Å²) in [5, 5.41) is 4.16. The molecule has 0 amide bonds. The summed E-state index contributed by atoms with van der Waals surface area (Å²) in [6.45, 7) is 0. The molecule has 1 aliphatic rings. The number of rotatable bonds is 4. The zero-order chi connectivity index (χ0) is 15.2. The Morgan fingerprint density at radius 2 is 2.09 bits per heavy atom. The van der Waals surface area contributed by atoms with Crippen molar-refractivity contribution in [1.29, 1.82) is 0 Å². The number of oxime groups is 1. The second kappa shape index (κ2) is 6.91. The van der Waals surface area contributed by atoms with Crippen LogP contribution < -0.4 is 0 Å². The lowest BCUT2D eigenvalue weighted by Gasteiger charge is -2.06. The maximum atomic E-state index is 4.99. The Balaban J connectivity index is 1.77. The van der Waals surface area contributed by atoms with Crippen LogP contribution in [0.2, 0.25) is 0 Å². The average Bonchev–Trinajstić information content (AvgIpc) is 3.38. The first kappa shape index (κ1) is 14.3. The zero-order valence-electron chi connectivity index (χ0n) is 12.6. The van der Waals surface area contributed by atoms with Gasteiger partial charge in [-0.25, -0.2) is 0 Å². The third-order valence-corrected chi connectivity index (χ3v) is 3.51. The van der Waals surface area contributed by atoms with Gasteiger partial charge in [0.15, 0.2) is 0 Å². The van der Waals surface area contributed by atoms with E-state index in [0.717, 1.165) is 22.4 Å². The lowest BCUT2D eigenvalue weighted by atomic mass is 10.0. The van der Waals surface area contributed by atoms with Gasteiger partial charge < -0.3 is 4.84 Å². The maximum absolute atomic E-state index is 4.99. The van der Waals surface area contributed by atoms with Crippen LogP contribution >= 0.6 is 0 Å².